The highest BCUT2D eigenvalue weighted by molar-refractivity contribution is 8.15. The van der Waals surface area contributed by atoms with Crippen LogP contribution in [-0.4, -0.2) is 34.2 Å². The number of rotatable bonds is 4. The van der Waals surface area contributed by atoms with E-state index in [0.717, 1.165) is 34.5 Å². The van der Waals surface area contributed by atoms with Gasteiger partial charge in [0.1, 0.15) is 5.25 Å². The molecule has 2 amide bonds. The lowest BCUT2D eigenvalue weighted by Gasteiger charge is -2.11. The first-order chi connectivity index (χ1) is 14.5. The van der Waals surface area contributed by atoms with Crippen molar-refractivity contribution in [3.8, 4) is 0 Å². The maximum absolute atomic E-state index is 12.8. The van der Waals surface area contributed by atoms with Crippen molar-refractivity contribution < 1.29 is 22.8 Å². The second-order valence-corrected chi connectivity index (χ2v) is 8.65. The monoisotopic (exact) mass is 449 g/mol. The van der Waals surface area contributed by atoms with Crippen LogP contribution in [0.3, 0.4) is 0 Å². The van der Waals surface area contributed by atoms with E-state index in [9.17, 15) is 22.8 Å². The molecule has 1 saturated heterocycles. The molecule has 1 aliphatic rings. The standard InChI is InChI=1S/C22H22F3N3O2S/c1-12-8-13(2)19(14(3)9-12)27-21-28(4)20(30)17(31-21)11-18(29)26-16-7-5-6-15(10-16)22(23,24)25/h5-10,17H,11H2,1-4H3,(H,26,29)/t17-/m1/s1. The topological polar surface area (TPSA) is 61.8 Å². The summed E-state index contributed by atoms with van der Waals surface area (Å²) in [5.74, 6) is -0.812. The maximum atomic E-state index is 12.8. The van der Waals surface area contributed by atoms with E-state index < -0.39 is 22.9 Å². The minimum absolute atomic E-state index is 0.0309. The Hall–Kier alpha value is -2.81. The zero-order chi connectivity index (χ0) is 22.9. The second kappa shape index (κ2) is 8.74. The van der Waals surface area contributed by atoms with Gasteiger partial charge in [-0.3, -0.25) is 14.5 Å². The Morgan fingerprint density at radius 3 is 2.42 bits per heavy atom. The van der Waals surface area contributed by atoms with Gasteiger partial charge < -0.3 is 5.32 Å². The van der Waals surface area contributed by atoms with E-state index >= 15 is 0 Å². The number of anilines is 1. The van der Waals surface area contributed by atoms with Crippen LogP contribution >= 0.6 is 11.8 Å². The normalized spacial score (nSPS) is 18.0. The maximum Gasteiger partial charge on any atom is 0.416 e. The molecule has 1 N–H and O–H groups in total. The lowest BCUT2D eigenvalue weighted by molar-refractivity contribution is -0.137. The molecule has 0 aromatic heterocycles. The highest BCUT2D eigenvalue weighted by Crippen LogP contribution is 2.34. The molecule has 1 fully saturated rings. The van der Waals surface area contributed by atoms with E-state index in [4.69, 9.17) is 0 Å². The molecule has 2 aromatic carbocycles. The second-order valence-electron chi connectivity index (χ2n) is 7.48. The molecular formula is C22H22F3N3O2S. The summed E-state index contributed by atoms with van der Waals surface area (Å²) in [5.41, 5.74) is 3.04. The van der Waals surface area contributed by atoms with E-state index in [-0.39, 0.29) is 18.0 Å². The molecule has 0 bridgehead atoms. The van der Waals surface area contributed by atoms with Crippen LogP contribution in [0.5, 0.6) is 0 Å². The molecule has 31 heavy (non-hydrogen) atoms. The van der Waals surface area contributed by atoms with Crippen LogP contribution in [-0.2, 0) is 15.8 Å². The van der Waals surface area contributed by atoms with E-state index in [1.54, 1.807) is 7.05 Å². The number of alkyl halides is 3. The minimum atomic E-state index is -4.50. The summed E-state index contributed by atoms with van der Waals surface area (Å²) in [6.07, 6.45) is -4.67. The molecule has 0 saturated carbocycles. The fourth-order valence-electron chi connectivity index (χ4n) is 3.40. The molecule has 0 radical (unpaired) electrons. The molecule has 1 atom stereocenters. The Bertz CT molecular complexity index is 1040. The molecule has 9 heteroatoms. The fourth-order valence-corrected chi connectivity index (χ4v) is 4.54. The summed E-state index contributed by atoms with van der Waals surface area (Å²) >= 11 is 1.18. The smallest absolute Gasteiger partial charge is 0.326 e. The van der Waals surface area contributed by atoms with Crippen molar-refractivity contribution in [2.45, 2.75) is 38.6 Å². The van der Waals surface area contributed by atoms with E-state index in [2.05, 4.69) is 10.3 Å². The number of aryl methyl sites for hydroxylation is 3. The third-order valence-corrected chi connectivity index (χ3v) is 6.06. The SMILES string of the molecule is Cc1cc(C)c(N=C2S[C@H](CC(=O)Nc3cccc(C(F)(F)F)c3)C(=O)N2C)c(C)c1. The number of carbonyl (C=O) groups excluding carboxylic acids is 2. The molecule has 5 nitrogen and oxygen atoms in total. The summed E-state index contributed by atoms with van der Waals surface area (Å²) in [6.45, 7) is 5.89. The minimum Gasteiger partial charge on any atom is -0.326 e. The van der Waals surface area contributed by atoms with Gasteiger partial charge in [0.15, 0.2) is 5.17 Å². The molecule has 0 spiro atoms. The summed E-state index contributed by atoms with van der Waals surface area (Å²) < 4.78 is 38.5. The van der Waals surface area contributed by atoms with Gasteiger partial charge in [-0.1, -0.05) is 35.5 Å². The Labute approximate surface area is 182 Å². The van der Waals surface area contributed by atoms with Crippen molar-refractivity contribution in [1.29, 1.82) is 0 Å². The molecule has 2 aromatic rings. The predicted octanol–water partition coefficient (Wildman–Crippen LogP) is 5.22. The number of amidine groups is 1. The van der Waals surface area contributed by atoms with E-state index in [1.165, 1.54) is 28.8 Å². The Morgan fingerprint density at radius 1 is 1.16 bits per heavy atom. The molecule has 0 aliphatic carbocycles. The molecule has 1 heterocycles. The van der Waals surface area contributed by atoms with Crippen LogP contribution in [0.25, 0.3) is 0 Å². The van der Waals surface area contributed by atoms with Crippen LogP contribution in [0.2, 0.25) is 0 Å². The van der Waals surface area contributed by atoms with Gasteiger partial charge in [0.2, 0.25) is 11.8 Å². The number of thioether (sulfide) groups is 1. The van der Waals surface area contributed by atoms with Gasteiger partial charge in [-0.25, -0.2) is 4.99 Å². The van der Waals surface area contributed by atoms with Crippen LogP contribution in [0.4, 0.5) is 24.5 Å². The van der Waals surface area contributed by atoms with E-state index in [0.29, 0.717) is 5.17 Å². The number of halogens is 3. The molecule has 1 aliphatic heterocycles. The molecule has 3 rings (SSSR count). The zero-order valence-electron chi connectivity index (χ0n) is 17.5. The summed E-state index contributed by atoms with van der Waals surface area (Å²) in [5, 5.41) is 2.23. The van der Waals surface area contributed by atoms with Gasteiger partial charge in [-0.05, 0) is 50.1 Å². The number of nitrogens with one attached hydrogen (secondary N) is 1. The van der Waals surface area contributed by atoms with Gasteiger partial charge in [-0.2, -0.15) is 13.2 Å². The largest absolute Gasteiger partial charge is 0.416 e. The van der Waals surface area contributed by atoms with Gasteiger partial charge in [0.25, 0.3) is 0 Å². The Balaban J connectivity index is 1.72. The van der Waals surface area contributed by atoms with Gasteiger partial charge in [0, 0.05) is 19.2 Å². The number of aliphatic imine (C=N–C) groups is 1. The lowest BCUT2D eigenvalue weighted by atomic mass is 10.1. The van der Waals surface area contributed by atoms with Crippen molar-refractivity contribution in [2.75, 3.05) is 12.4 Å². The number of hydrogen-bond acceptors (Lipinski definition) is 4. The van der Waals surface area contributed by atoms with Crippen molar-refractivity contribution in [1.82, 2.24) is 4.90 Å². The van der Waals surface area contributed by atoms with Gasteiger partial charge in [0.05, 0.1) is 11.3 Å². The molecular weight excluding hydrogens is 427 g/mol. The average Bonchev–Trinajstić information content (AvgIpc) is 2.92. The zero-order valence-corrected chi connectivity index (χ0v) is 18.3. The first-order valence-electron chi connectivity index (χ1n) is 9.53. The van der Waals surface area contributed by atoms with Crippen LogP contribution < -0.4 is 5.32 Å². The highest BCUT2D eigenvalue weighted by atomic mass is 32.2. The Kier molecular flexibility index (Phi) is 6.45. The number of carbonyl (C=O) groups is 2. The van der Waals surface area contributed by atoms with Gasteiger partial charge in [-0.15, -0.1) is 0 Å². The third-order valence-electron chi connectivity index (χ3n) is 4.83. The third kappa shape index (κ3) is 5.28. The number of amides is 2. The van der Waals surface area contributed by atoms with Crippen molar-refractivity contribution in [3.63, 3.8) is 0 Å². The Morgan fingerprint density at radius 2 is 1.81 bits per heavy atom. The highest BCUT2D eigenvalue weighted by Gasteiger charge is 2.37. The van der Waals surface area contributed by atoms with Crippen molar-refractivity contribution >= 4 is 40.1 Å². The summed E-state index contributed by atoms with van der Waals surface area (Å²) in [4.78, 5) is 31.0. The summed E-state index contributed by atoms with van der Waals surface area (Å²) in [7, 11) is 1.59. The first-order valence-corrected chi connectivity index (χ1v) is 10.4. The summed E-state index contributed by atoms with van der Waals surface area (Å²) in [6, 6.07) is 8.40. The van der Waals surface area contributed by atoms with E-state index in [1.807, 2.05) is 32.9 Å². The fraction of sp³-hybridized carbons (Fsp3) is 0.318. The van der Waals surface area contributed by atoms with Crippen LogP contribution in [0.15, 0.2) is 41.4 Å². The quantitative estimate of drug-likeness (QED) is 0.696. The molecule has 164 valence electrons. The number of benzene rings is 2. The predicted molar refractivity (Wildman–Crippen MR) is 117 cm³/mol. The molecule has 0 unspecified atom stereocenters. The van der Waals surface area contributed by atoms with Crippen LogP contribution in [0, 0.1) is 20.8 Å². The van der Waals surface area contributed by atoms with Crippen LogP contribution in [0.1, 0.15) is 28.7 Å². The van der Waals surface area contributed by atoms with Crippen molar-refractivity contribution in [2.24, 2.45) is 4.99 Å². The van der Waals surface area contributed by atoms with Crippen molar-refractivity contribution in [3.05, 3.63) is 58.7 Å². The lowest BCUT2D eigenvalue weighted by Crippen LogP contribution is -2.30. The number of hydrogen-bond donors (Lipinski definition) is 1. The van der Waals surface area contributed by atoms with Gasteiger partial charge >= 0.3 is 6.18 Å². The average molecular weight is 449 g/mol. The first kappa shape index (κ1) is 22.9. The number of nitrogens with zero attached hydrogens (tertiary/aromatic N) is 2.